The van der Waals surface area contributed by atoms with Crippen molar-refractivity contribution in [2.45, 2.75) is 13.8 Å². The van der Waals surface area contributed by atoms with Gasteiger partial charge in [0.15, 0.2) is 5.11 Å². The molecule has 0 aromatic heterocycles. The molecular weight excluding hydrogens is 252 g/mol. The molecule has 0 spiro atoms. The number of rotatable bonds is 3. The van der Waals surface area contributed by atoms with Crippen LogP contribution in [0, 0.1) is 6.92 Å². The minimum Gasteiger partial charge on any atom is -0.332 e. The third-order valence-electron chi connectivity index (χ3n) is 2.93. The zero-order valence-corrected chi connectivity index (χ0v) is 12.1. The summed E-state index contributed by atoms with van der Waals surface area (Å²) in [7, 11) is 0. The van der Waals surface area contributed by atoms with Gasteiger partial charge in [0.2, 0.25) is 0 Å². The molecule has 0 saturated heterocycles. The molecule has 2 aromatic rings. The number of para-hydroxylation sites is 1. The Balaban J connectivity index is 2.13. The SMILES string of the molecule is CCN(C(=S)Nc1ccccc1)c1ccc(C)cc1. The summed E-state index contributed by atoms with van der Waals surface area (Å²) in [5, 5.41) is 3.98. The van der Waals surface area contributed by atoms with Gasteiger partial charge in [0.1, 0.15) is 0 Å². The average molecular weight is 270 g/mol. The van der Waals surface area contributed by atoms with E-state index in [0.717, 1.165) is 23.0 Å². The quantitative estimate of drug-likeness (QED) is 0.841. The molecule has 0 aliphatic heterocycles. The van der Waals surface area contributed by atoms with E-state index in [1.807, 2.05) is 30.3 Å². The maximum atomic E-state index is 5.49. The summed E-state index contributed by atoms with van der Waals surface area (Å²) in [5.41, 5.74) is 3.38. The molecule has 0 aliphatic carbocycles. The highest BCUT2D eigenvalue weighted by atomic mass is 32.1. The molecule has 2 aromatic carbocycles. The lowest BCUT2D eigenvalue weighted by molar-refractivity contribution is 1.06. The van der Waals surface area contributed by atoms with E-state index in [2.05, 4.69) is 48.3 Å². The Morgan fingerprint density at radius 3 is 2.26 bits per heavy atom. The summed E-state index contributed by atoms with van der Waals surface area (Å²) in [6.45, 7) is 5.02. The molecule has 0 radical (unpaired) electrons. The standard InChI is InChI=1S/C16H18N2S/c1-3-18(15-11-9-13(2)10-12-15)16(19)17-14-7-5-4-6-8-14/h4-12H,3H2,1-2H3,(H,17,19). The molecule has 0 saturated carbocycles. The van der Waals surface area contributed by atoms with Gasteiger partial charge in [0, 0.05) is 17.9 Å². The van der Waals surface area contributed by atoms with Gasteiger partial charge >= 0.3 is 0 Å². The van der Waals surface area contributed by atoms with Gasteiger partial charge in [-0.05, 0) is 50.3 Å². The predicted molar refractivity (Wildman–Crippen MR) is 86.9 cm³/mol. The van der Waals surface area contributed by atoms with Gasteiger partial charge in [-0.15, -0.1) is 0 Å². The molecule has 0 aliphatic rings. The lowest BCUT2D eigenvalue weighted by Gasteiger charge is -2.24. The minimum absolute atomic E-state index is 0.720. The van der Waals surface area contributed by atoms with E-state index in [1.54, 1.807) is 0 Å². The van der Waals surface area contributed by atoms with Crippen LogP contribution in [0.5, 0.6) is 0 Å². The van der Waals surface area contributed by atoms with Gasteiger partial charge in [-0.25, -0.2) is 0 Å². The van der Waals surface area contributed by atoms with Gasteiger partial charge < -0.3 is 10.2 Å². The summed E-state index contributed by atoms with van der Waals surface area (Å²) in [4.78, 5) is 2.09. The van der Waals surface area contributed by atoms with Gasteiger partial charge in [-0.2, -0.15) is 0 Å². The highest BCUT2D eigenvalue weighted by Gasteiger charge is 2.09. The van der Waals surface area contributed by atoms with Crippen LogP contribution in [0.2, 0.25) is 0 Å². The van der Waals surface area contributed by atoms with Gasteiger partial charge in [0.25, 0.3) is 0 Å². The Kier molecular flexibility index (Phi) is 4.53. The van der Waals surface area contributed by atoms with Crippen molar-refractivity contribution in [1.29, 1.82) is 0 Å². The molecule has 0 unspecified atom stereocenters. The van der Waals surface area contributed by atoms with Crippen molar-refractivity contribution >= 4 is 28.7 Å². The number of aryl methyl sites for hydroxylation is 1. The smallest absolute Gasteiger partial charge is 0.177 e. The van der Waals surface area contributed by atoms with Crippen molar-refractivity contribution < 1.29 is 0 Å². The second-order valence-electron chi connectivity index (χ2n) is 4.38. The first-order valence-electron chi connectivity index (χ1n) is 6.41. The second-order valence-corrected chi connectivity index (χ2v) is 4.76. The van der Waals surface area contributed by atoms with Crippen molar-refractivity contribution in [2.24, 2.45) is 0 Å². The number of hydrogen-bond donors (Lipinski definition) is 1. The molecule has 0 atom stereocenters. The van der Waals surface area contributed by atoms with Crippen LogP contribution in [0.15, 0.2) is 54.6 Å². The van der Waals surface area contributed by atoms with Crippen molar-refractivity contribution in [2.75, 3.05) is 16.8 Å². The first kappa shape index (κ1) is 13.6. The summed E-state index contributed by atoms with van der Waals surface area (Å²) in [6.07, 6.45) is 0. The van der Waals surface area contributed by atoms with Crippen LogP contribution >= 0.6 is 12.2 Å². The van der Waals surface area contributed by atoms with Gasteiger partial charge in [-0.3, -0.25) is 0 Å². The van der Waals surface area contributed by atoms with Crippen LogP contribution in [-0.4, -0.2) is 11.7 Å². The van der Waals surface area contributed by atoms with E-state index < -0.39 is 0 Å². The van der Waals surface area contributed by atoms with Crippen LogP contribution < -0.4 is 10.2 Å². The molecule has 2 rings (SSSR count). The number of hydrogen-bond acceptors (Lipinski definition) is 1. The Hall–Kier alpha value is -1.87. The monoisotopic (exact) mass is 270 g/mol. The molecular formula is C16H18N2S. The molecule has 98 valence electrons. The fourth-order valence-electron chi connectivity index (χ4n) is 1.88. The van der Waals surface area contributed by atoms with Crippen LogP contribution in [0.4, 0.5) is 11.4 Å². The predicted octanol–water partition coefficient (Wildman–Crippen LogP) is 4.22. The fourth-order valence-corrected chi connectivity index (χ4v) is 2.23. The number of anilines is 2. The molecule has 0 fully saturated rings. The molecule has 3 heteroatoms. The first-order valence-corrected chi connectivity index (χ1v) is 6.81. The van der Waals surface area contributed by atoms with Crippen LogP contribution in [0.25, 0.3) is 0 Å². The summed E-state index contributed by atoms with van der Waals surface area (Å²) in [5.74, 6) is 0. The van der Waals surface area contributed by atoms with Crippen LogP contribution in [0.3, 0.4) is 0 Å². The Morgan fingerprint density at radius 2 is 1.68 bits per heavy atom. The van der Waals surface area contributed by atoms with E-state index in [1.165, 1.54) is 5.56 Å². The van der Waals surface area contributed by atoms with E-state index >= 15 is 0 Å². The number of nitrogens with zero attached hydrogens (tertiary/aromatic N) is 1. The lowest BCUT2D eigenvalue weighted by Crippen LogP contribution is -2.34. The number of thiocarbonyl (C=S) groups is 1. The largest absolute Gasteiger partial charge is 0.332 e. The Bertz CT molecular complexity index is 534. The van der Waals surface area contributed by atoms with Gasteiger partial charge in [0.05, 0.1) is 0 Å². The zero-order chi connectivity index (χ0) is 13.7. The number of benzene rings is 2. The topological polar surface area (TPSA) is 15.3 Å². The average Bonchev–Trinajstić information content (AvgIpc) is 2.43. The van der Waals surface area contributed by atoms with E-state index in [-0.39, 0.29) is 0 Å². The van der Waals surface area contributed by atoms with Crippen LogP contribution in [0.1, 0.15) is 12.5 Å². The van der Waals surface area contributed by atoms with E-state index in [9.17, 15) is 0 Å². The minimum atomic E-state index is 0.720. The zero-order valence-electron chi connectivity index (χ0n) is 11.3. The summed E-state index contributed by atoms with van der Waals surface area (Å²) < 4.78 is 0. The summed E-state index contributed by atoms with van der Waals surface area (Å²) >= 11 is 5.49. The van der Waals surface area contributed by atoms with E-state index in [4.69, 9.17) is 12.2 Å². The molecule has 19 heavy (non-hydrogen) atoms. The second kappa shape index (κ2) is 6.34. The highest BCUT2D eigenvalue weighted by Crippen LogP contribution is 2.17. The highest BCUT2D eigenvalue weighted by molar-refractivity contribution is 7.80. The van der Waals surface area contributed by atoms with E-state index in [0.29, 0.717) is 0 Å². The molecule has 0 heterocycles. The molecule has 0 bridgehead atoms. The van der Waals surface area contributed by atoms with Crippen molar-refractivity contribution in [3.05, 3.63) is 60.2 Å². The van der Waals surface area contributed by atoms with Gasteiger partial charge in [-0.1, -0.05) is 35.9 Å². The lowest BCUT2D eigenvalue weighted by atomic mass is 10.2. The van der Waals surface area contributed by atoms with Crippen molar-refractivity contribution in [3.63, 3.8) is 0 Å². The van der Waals surface area contributed by atoms with Crippen molar-refractivity contribution in [1.82, 2.24) is 0 Å². The Morgan fingerprint density at radius 1 is 1.05 bits per heavy atom. The maximum Gasteiger partial charge on any atom is 0.177 e. The molecule has 1 N–H and O–H groups in total. The normalized spacial score (nSPS) is 10.0. The molecule has 2 nitrogen and oxygen atoms in total. The van der Waals surface area contributed by atoms with Crippen molar-refractivity contribution in [3.8, 4) is 0 Å². The summed E-state index contributed by atoms with van der Waals surface area (Å²) in [6, 6.07) is 18.4. The third kappa shape index (κ3) is 3.55. The fraction of sp³-hybridized carbons (Fsp3) is 0.188. The van der Waals surface area contributed by atoms with Crippen LogP contribution in [-0.2, 0) is 0 Å². The third-order valence-corrected chi connectivity index (χ3v) is 3.25. The number of nitrogens with one attached hydrogen (secondary N) is 1. The maximum absolute atomic E-state index is 5.49. The first-order chi connectivity index (χ1) is 9.20. The Labute approximate surface area is 120 Å². The molecule has 0 amide bonds.